The Labute approximate surface area is 124 Å². The lowest BCUT2D eigenvalue weighted by Crippen LogP contribution is -2.15. The van der Waals surface area contributed by atoms with E-state index in [0.717, 1.165) is 28.4 Å². The highest BCUT2D eigenvalue weighted by Gasteiger charge is 2.20. The van der Waals surface area contributed by atoms with Gasteiger partial charge >= 0.3 is 0 Å². The summed E-state index contributed by atoms with van der Waals surface area (Å²) in [6.45, 7) is 0.886. The van der Waals surface area contributed by atoms with Gasteiger partial charge in [-0.25, -0.2) is 0 Å². The quantitative estimate of drug-likeness (QED) is 0.887. The molecule has 1 fully saturated rings. The van der Waals surface area contributed by atoms with Gasteiger partial charge < -0.3 is 10.1 Å². The van der Waals surface area contributed by atoms with E-state index in [1.54, 1.807) is 7.11 Å². The zero-order valence-corrected chi connectivity index (χ0v) is 12.3. The fourth-order valence-electron chi connectivity index (χ4n) is 2.30. The molecule has 2 aromatic rings. The van der Waals surface area contributed by atoms with Crippen molar-refractivity contribution in [1.29, 1.82) is 0 Å². The molecule has 0 aliphatic heterocycles. The fourth-order valence-corrected chi connectivity index (χ4v) is 2.61. The van der Waals surface area contributed by atoms with Crippen molar-refractivity contribution in [2.24, 2.45) is 0 Å². The molecule has 0 bridgehead atoms. The number of rotatable bonds is 5. The second kappa shape index (κ2) is 5.86. The maximum Gasteiger partial charge on any atom is 0.126 e. The van der Waals surface area contributed by atoms with Crippen molar-refractivity contribution in [3.05, 3.63) is 53.1 Å². The number of benzene rings is 2. The van der Waals surface area contributed by atoms with E-state index >= 15 is 0 Å². The number of hydrogen-bond donors (Lipinski definition) is 1. The number of para-hydroxylation sites is 1. The van der Waals surface area contributed by atoms with Gasteiger partial charge in [-0.1, -0.05) is 41.9 Å². The summed E-state index contributed by atoms with van der Waals surface area (Å²) in [5, 5.41) is 4.27. The molecule has 1 aliphatic rings. The van der Waals surface area contributed by atoms with Crippen molar-refractivity contribution in [3.8, 4) is 16.9 Å². The standard InChI is InChI=1S/C17H18ClNO/c1-20-17-5-3-2-4-15(17)14-9-6-12(10-16(14)18)11-19-13-7-8-13/h2-6,9-10,13,19H,7-8,11H2,1H3. The number of hydrogen-bond acceptors (Lipinski definition) is 2. The topological polar surface area (TPSA) is 21.3 Å². The predicted molar refractivity (Wildman–Crippen MR) is 83.3 cm³/mol. The lowest BCUT2D eigenvalue weighted by Gasteiger charge is -2.11. The smallest absolute Gasteiger partial charge is 0.126 e. The molecule has 0 spiro atoms. The van der Waals surface area contributed by atoms with Gasteiger partial charge in [0, 0.05) is 28.7 Å². The number of nitrogens with one attached hydrogen (secondary N) is 1. The molecule has 1 N–H and O–H groups in total. The van der Waals surface area contributed by atoms with Gasteiger partial charge in [-0.05, 0) is 30.5 Å². The first kappa shape index (κ1) is 13.5. The number of methoxy groups -OCH3 is 1. The highest BCUT2D eigenvalue weighted by molar-refractivity contribution is 6.33. The molecule has 0 saturated heterocycles. The molecule has 20 heavy (non-hydrogen) atoms. The van der Waals surface area contributed by atoms with E-state index in [-0.39, 0.29) is 0 Å². The van der Waals surface area contributed by atoms with Crippen molar-refractivity contribution < 1.29 is 4.74 Å². The van der Waals surface area contributed by atoms with Gasteiger partial charge in [-0.3, -0.25) is 0 Å². The average molecular weight is 288 g/mol. The molecule has 0 unspecified atom stereocenters. The van der Waals surface area contributed by atoms with Crippen LogP contribution in [0.25, 0.3) is 11.1 Å². The first-order valence-electron chi connectivity index (χ1n) is 6.93. The van der Waals surface area contributed by atoms with Crippen molar-refractivity contribution in [2.45, 2.75) is 25.4 Å². The predicted octanol–water partition coefficient (Wildman–Crippen LogP) is 4.27. The third kappa shape index (κ3) is 2.97. The summed E-state index contributed by atoms with van der Waals surface area (Å²) in [5.41, 5.74) is 3.27. The maximum absolute atomic E-state index is 6.44. The minimum absolute atomic E-state index is 0.711. The van der Waals surface area contributed by atoms with Crippen LogP contribution >= 0.6 is 11.6 Å². The molecule has 0 radical (unpaired) electrons. The Morgan fingerprint density at radius 1 is 1.15 bits per heavy atom. The van der Waals surface area contributed by atoms with Crippen LogP contribution in [-0.2, 0) is 6.54 Å². The molecule has 1 saturated carbocycles. The maximum atomic E-state index is 6.44. The van der Waals surface area contributed by atoms with E-state index in [1.165, 1.54) is 18.4 Å². The Bertz CT molecular complexity index is 608. The van der Waals surface area contributed by atoms with Gasteiger partial charge in [0.05, 0.1) is 7.11 Å². The summed E-state index contributed by atoms with van der Waals surface area (Å²) in [6.07, 6.45) is 2.60. The van der Waals surface area contributed by atoms with Crippen molar-refractivity contribution in [1.82, 2.24) is 5.32 Å². The van der Waals surface area contributed by atoms with Gasteiger partial charge in [0.2, 0.25) is 0 Å². The molecule has 1 aliphatic carbocycles. The molecule has 0 atom stereocenters. The zero-order chi connectivity index (χ0) is 13.9. The molecule has 104 valence electrons. The summed E-state index contributed by atoms with van der Waals surface area (Å²) in [5.74, 6) is 0.846. The van der Waals surface area contributed by atoms with Crippen molar-refractivity contribution in [2.75, 3.05) is 7.11 Å². The minimum Gasteiger partial charge on any atom is -0.496 e. The van der Waals surface area contributed by atoms with Crippen molar-refractivity contribution in [3.63, 3.8) is 0 Å². The highest BCUT2D eigenvalue weighted by atomic mass is 35.5. The van der Waals surface area contributed by atoms with Crippen LogP contribution in [0, 0.1) is 0 Å². The Balaban J connectivity index is 1.85. The third-order valence-electron chi connectivity index (χ3n) is 3.60. The fraction of sp³-hybridized carbons (Fsp3) is 0.294. The van der Waals surface area contributed by atoms with Crippen LogP contribution in [0.5, 0.6) is 5.75 Å². The second-order valence-corrected chi connectivity index (χ2v) is 5.58. The lowest BCUT2D eigenvalue weighted by atomic mass is 10.0. The highest BCUT2D eigenvalue weighted by Crippen LogP contribution is 2.35. The molecular formula is C17H18ClNO. The summed E-state index contributed by atoms with van der Waals surface area (Å²) in [6, 6.07) is 14.9. The monoisotopic (exact) mass is 287 g/mol. The molecule has 3 heteroatoms. The van der Waals surface area contributed by atoms with Gasteiger partial charge in [-0.2, -0.15) is 0 Å². The van der Waals surface area contributed by atoms with E-state index < -0.39 is 0 Å². The third-order valence-corrected chi connectivity index (χ3v) is 3.92. The normalized spacial score (nSPS) is 14.3. The second-order valence-electron chi connectivity index (χ2n) is 5.17. The SMILES string of the molecule is COc1ccccc1-c1ccc(CNC2CC2)cc1Cl. The first-order chi connectivity index (χ1) is 9.78. The van der Waals surface area contributed by atoms with Crippen LogP contribution in [0.2, 0.25) is 5.02 Å². The van der Waals surface area contributed by atoms with Crippen LogP contribution in [0.3, 0.4) is 0 Å². The van der Waals surface area contributed by atoms with Crippen LogP contribution in [0.1, 0.15) is 18.4 Å². The van der Waals surface area contributed by atoms with E-state index in [0.29, 0.717) is 6.04 Å². The summed E-state index contributed by atoms with van der Waals surface area (Å²) < 4.78 is 5.40. The van der Waals surface area contributed by atoms with Crippen molar-refractivity contribution >= 4 is 11.6 Å². The Morgan fingerprint density at radius 2 is 1.95 bits per heavy atom. The van der Waals surface area contributed by atoms with E-state index in [4.69, 9.17) is 16.3 Å². The molecule has 0 heterocycles. The van der Waals surface area contributed by atoms with Crippen LogP contribution in [0.15, 0.2) is 42.5 Å². The van der Waals surface area contributed by atoms with Gasteiger partial charge in [0.1, 0.15) is 5.75 Å². The van der Waals surface area contributed by atoms with Crippen LogP contribution in [0.4, 0.5) is 0 Å². The average Bonchev–Trinajstić information content (AvgIpc) is 3.29. The molecule has 2 aromatic carbocycles. The van der Waals surface area contributed by atoms with Gasteiger partial charge in [-0.15, -0.1) is 0 Å². The Morgan fingerprint density at radius 3 is 2.65 bits per heavy atom. The van der Waals surface area contributed by atoms with Gasteiger partial charge in [0.15, 0.2) is 0 Å². The van der Waals surface area contributed by atoms with Crippen LogP contribution in [-0.4, -0.2) is 13.2 Å². The van der Waals surface area contributed by atoms with E-state index in [1.807, 2.05) is 30.3 Å². The summed E-state index contributed by atoms with van der Waals surface area (Å²) >= 11 is 6.44. The number of halogens is 1. The largest absolute Gasteiger partial charge is 0.496 e. The molecular weight excluding hydrogens is 270 g/mol. The summed E-state index contributed by atoms with van der Waals surface area (Å²) in [4.78, 5) is 0. The molecule has 3 rings (SSSR count). The first-order valence-corrected chi connectivity index (χ1v) is 7.31. The molecule has 2 nitrogen and oxygen atoms in total. The van der Waals surface area contributed by atoms with Crippen LogP contribution < -0.4 is 10.1 Å². The zero-order valence-electron chi connectivity index (χ0n) is 11.5. The lowest BCUT2D eigenvalue weighted by molar-refractivity contribution is 0.416. The van der Waals surface area contributed by atoms with Gasteiger partial charge in [0.25, 0.3) is 0 Å². The Hall–Kier alpha value is -1.51. The molecule has 0 amide bonds. The molecule has 0 aromatic heterocycles. The van der Waals surface area contributed by atoms with E-state index in [9.17, 15) is 0 Å². The Kier molecular flexibility index (Phi) is 3.95. The summed E-state index contributed by atoms with van der Waals surface area (Å²) in [7, 11) is 1.68. The minimum atomic E-state index is 0.711. The van der Waals surface area contributed by atoms with E-state index in [2.05, 4.69) is 17.4 Å². The number of ether oxygens (including phenoxy) is 1.